The molecule has 1 saturated heterocycles. The van der Waals surface area contributed by atoms with Crippen LogP contribution in [-0.2, 0) is 16.1 Å². The Morgan fingerprint density at radius 1 is 0.978 bits per heavy atom. The number of nitrogens with zero attached hydrogens (tertiary/aromatic N) is 4. The highest BCUT2D eigenvalue weighted by atomic mass is 19.4. The molecule has 5 rings (SSSR count). The molecule has 1 aliphatic rings. The molecule has 1 aliphatic heterocycles. The number of halogens is 8. The van der Waals surface area contributed by atoms with Gasteiger partial charge in [-0.25, -0.2) is 28.6 Å². The molecule has 0 spiro atoms. The van der Waals surface area contributed by atoms with Crippen LogP contribution >= 0.6 is 0 Å². The summed E-state index contributed by atoms with van der Waals surface area (Å²) >= 11 is 0. The van der Waals surface area contributed by atoms with Crippen molar-refractivity contribution in [3.63, 3.8) is 0 Å². The number of carboxylic acids is 2. The first-order valence-corrected chi connectivity index (χ1v) is 12.5. The van der Waals surface area contributed by atoms with E-state index in [1.165, 1.54) is 18.5 Å². The lowest BCUT2D eigenvalue weighted by molar-refractivity contribution is -0.193. The molecular formula is C26H22F8N6O5. The second-order valence-electron chi connectivity index (χ2n) is 9.07. The van der Waals surface area contributed by atoms with Crippen LogP contribution in [0.25, 0.3) is 22.3 Å². The molecule has 1 fully saturated rings. The highest BCUT2D eigenvalue weighted by molar-refractivity contribution is 5.98. The van der Waals surface area contributed by atoms with E-state index < -0.39 is 35.9 Å². The monoisotopic (exact) mass is 650 g/mol. The maximum atomic E-state index is 13.9. The van der Waals surface area contributed by atoms with E-state index in [9.17, 15) is 35.1 Å². The van der Waals surface area contributed by atoms with Gasteiger partial charge in [0.25, 0.3) is 0 Å². The molecule has 4 aromatic rings. The van der Waals surface area contributed by atoms with Gasteiger partial charge in [-0.1, -0.05) is 6.07 Å². The lowest BCUT2D eigenvalue weighted by atomic mass is 10.1. The number of alkyl halides is 6. The van der Waals surface area contributed by atoms with Gasteiger partial charge < -0.3 is 26.0 Å². The molecule has 2 aromatic carbocycles. The second-order valence-corrected chi connectivity index (χ2v) is 9.07. The van der Waals surface area contributed by atoms with Gasteiger partial charge in [-0.2, -0.15) is 35.8 Å². The average Bonchev–Trinajstić information content (AvgIpc) is 3.60. The third kappa shape index (κ3) is 9.21. The molecule has 0 saturated carbocycles. The van der Waals surface area contributed by atoms with Gasteiger partial charge in [0.1, 0.15) is 23.6 Å². The van der Waals surface area contributed by atoms with E-state index in [1.54, 1.807) is 24.3 Å². The molecule has 19 heteroatoms. The van der Waals surface area contributed by atoms with Crippen molar-refractivity contribution in [2.45, 2.75) is 37.8 Å². The van der Waals surface area contributed by atoms with Gasteiger partial charge in [0.15, 0.2) is 17.2 Å². The van der Waals surface area contributed by atoms with Crippen molar-refractivity contribution < 1.29 is 59.7 Å². The fraction of sp³-hybridized carbons (Fsp3) is 0.269. The summed E-state index contributed by atoms with van der Waals surface area (Å²) in [7, 11) is 0. The molecule has 0 bridgehead atoms. The number of carboxylic acid groups (broad SMARTS) is 2. The highest BCUT2D eigenvalue weighted by Gasteiger charge is 2.38. The van der Waals surface area contributed by atoms with Crippen molar-refractivity contribution >= 4 is 28.8 Å². The van der Waals surface area contributed by atoms with Crippen LogP contribution in [-0.4, -0.2) is 66.8 Å². The lowest BCUT2D eigenvalue weighted by Gasteiger charge is -2.10. The number of nitrogen functional groups attached to an aromatic ring is 1. The fourth-order valence-electron chi connectivity index (χ4n) is 3.85. The Morgan fingerprint density at radius 2 is 1.58 bits per heavy atom. The third-order valence-corrected chi connectivity index (χ3v) is 5.87. The Labute approximate surface area is 247 Å². The normalized spacial score (nSPS) is 14.6. The van der Waals surface area contributed by atoms with Crippen LogP contribution in [0.4, 0.5) is 40.9 Å². The zero-order valence-corrected chi connectivity index (χ0v) is 22.5. The fourth-order valence-corrected chi connectivity index (χ4v) is 3.85. The number of carbonyl (C=O) groups is 2. The summed E-state index contributed by atoms with van der Waals surface area (Å²) in [5.74, 6) is -6.95. The first kappa shape index (κ1) is 34.4. The second kappa shape index (κ2) is 14.1. The minimum absolute atomic E-state index is 0.177. The summed E-state index contributed by atoms with van der Waals surface area (Å²) in [5.41, 5.74) is 8.29. The SMILES string of the molecule is Nc1ncnc2c1c(-c1ccc(Oc3cccc(F)c3F)cc1)nn2C[C@H]1CCCN1.O=C(O)C(F)(F)F.O=C(O)C(F)(F)F. The van der Waals surface area contributed by atoms with E-state index in [0.717, 1.165) is 31.0 Å². The van der Waals surface area contributed by atoms with Crippen LogP contribution in [0.5, 0.6) is 11.5 Å². The number of hydrogen-bond donors (Lipinski definition) is 4. The van der Waals surface area contributed by atoms with Crippen molar-refractivity contribution in [3.05, 3.63) is 60.4 Å². The number of nitrogens with two attached hydrogens (primary N) is 1. The van der Waals surface area contributed by atoms with Crippen LogP contribution in [0.3, 0.4) is 0 Å². The minimum Gasteiger partial charge on any atom is -0.475 e. The van der Waals surface area contributed by atoms with Crippen LogP contribution < -0.4 is 15.8 Å². The zero-order chi connectivity index (χ0) is 33.5. The molecule has 11 nitrogen and oxygen atoms in total. The van der Waals surface area contributed by atoms with Crippen LogP contribution in [0.1, 0.15) is 12.8 Å². The highest BCUT2D eigenvalue weighted by Crippen LogP contribution is 2.33. The third-order valence-electron chi connectivity index (χ3n) is 5.87. The summed E-state index contributed by atoms with van der Waals surface area (Å²) in [6.45, 7) is 1.69. The summed E-state index contributed by atoms with van der Waals surface area (Å²) < 4.78 is 98.1. The molecule has 1 atom stereocenters. The number of benzene rings is 2. The van der Waals surface area contributed by atoms with Gasteiger partial charge in [-0.15, -0.1) is 0 Å². The average molecular weight is 650 g/mol. The topological polar surface area (TPSA) is 165 Å². The summed E-state index contributed by atoms with van der Waals surface area (Å²) in [4.78, 5) is 26.3. The molecule has 5 N–H and O–H groups in total. The number of aliphatic carboxylic acids is 2. The molecule has 3 heterocycles. The maximum Gasteiger partial charge on any atom is 0.490 e. The van der Waals surface area contributed by atoms with Crippen molar-refractivity contribution in [2.75, 3.05) is 12.3 Å². The summed E-state index contributed by atoms with van der Waals surface area (Å²) in [6, 6.07) is 11.1. The van der Waals surface area contributed by atoms with Gasteiger partial charge in [0.2, 0.25) is 5.82 Å². The predicted octanol–water partition coefficient (Wildman–Crippen LogP) is 5.16. The van der Waals surface area contributed by atoms with Gasteiger partial charge >= 0.3 is 24.3 Å². The molecule has 0 amide bonds. The summed E-state index contributed by atoms with van der Waals surface area (Å²) in [5, 5.41) is 23.2. The Morgan fingerprint density at radius 3 is 2.11 bits per heavy atom. The number of ether oxygens (including phenoxy) is 1. The number of anilines is 1. The van der Waals surface area contributed by atoms with Crippen molar-refractivity contribution in [2.24, 2.45) is 0 Å². The molecule has 0 radical (unpaired) electrons. The molecular weight excluding hydrogens is 628 g/mol. The van der Waals surface area contributed by atoms with Crippen molar-refractivity contribution in [1.29, 1.82) is 0 Å². The van der Waals surface area contributed by atoms with Crippen LogP contribution in [0.2, 0.25) is 0 Å². The molecule has 2 aromatic heterocycles. The number of nitrogens with one attached hydrogen (secondary N) is 1. The van der Waals surface area contributed by atoms with E-state index >= 15 is 0 Å². The number of fused-ring (bicyclic) bond motifs is 1. The van der Waals surface area contributed by atoms with E-state index in [0.29, 0.717) is 40.9 Å². The van der Waals surface area contributed by atoms with E-state index in [1.807, 2.05) is 4.68 Å². The Hall–Kier alpha value is -5.07. The van der Waals surface area contributed by atoms with Gasteiger partial charge in [-0.05, 0) is 55.8 Å². The molecule has 0 unspecified atom stereocenters. The van der Waals surface area contributed by atoms with Gasteiger partial charge in [-0.3, -0.25) is 0 Å². The Kier molecular flexibility index (Phi) is 10.8. The quantitative estimate of drug-likeness (QED) is 0.212. The van der Waals surface area contributed by atoms with Crippen LogP contribution in [0.15, 0.2) is 48.8 Å². The zero-order valence-electron chi connectivity index (χ0n) is 22.5. The minimum atomic E-state index is -5.08. The van der Waals surface area contributed by atoms with E-state index in [4.69, 9.17) is 35.4 Å². The standard InChI is InChI=1S/C22H20F2N6O.2C2HF3O2/c23-16-4-1-5-17(19(16)24)31-15-8-6-13(7-9-15)20-18-21(25)27-12-28-22(18)30(29-20)11-14-3-2-10-26-14;2*3-2(4,5)1(6)7/h1,4-9,12,14,26H,2-3,10-11H2,(H2,25,27,28);2*(H,6,7)/t14-;;/m1../s1. The molecule has 45 heavy (non-hydrogen) atoms. The number of rotatable bonds is 5. The van der Waals surface area contributed by atoms with E-state index in [-0.39, 0.29) is 5.75 Å². The van der Waals surface area contributed by atoms with Gasteiger partial charge in [0, 0.05) is 11.6 Å². The molecule has 242 valence electrons. The largest absolute Gasteiger partial charge is 0.490 e. The van der Waals surface area contributed by atoms with Gasteiger partial charge in [0.05, 0.1) is 11.9 Å². The number of hydrogen-bond acceptors (Lipinski definition) is 8. The number of aromatic nitrogens is 4. The predicted molar refractivity (Wildman–Crippen MR) is 140 cm³/mol. The first-order valence-electron chi connectivity index (χ1n) is 12.5. The maximum absolute atomic E-state index is 13.9. The lowest BCUT2D eigenvalue weighted by Crippen LogP contribution is -2.27. The van der Waals surface area contributed by atoms with Crippen molar-refractivity contribution in [1.82, 2.24) is 25.1 Å². The van der Waals surface area contributed by atoms with Crippen molar-refractivity contribution in [3.8, 4) is 22.8 Å². The van der Waals surface area contributed by atoms with Crippen LogP contribution in [0, 0.1) is 11.6 Å². The summed E-state index contributed by atoms with van der Waals surface area (Å²) in [6.07, 6.45) is -6.51. The van der Waals surface area contributed by atoms with E-state index in [2.05, 4.69) is 15.3 Å². The Balaban J connectivity index is 0.000000331. The molecule has 0 aliphatic carbocycles. The first-order chi connectivity index (χ1) is 21.0. The smallest absolute Gasteiger partial charge is 0.475 e. The Bertz CT molecular complexity index is 1610.